The van der Waals surface area contributed by atoms with Crippen LogP contribution in [0.15, 0.2) is 57.9 Å². The highest BCUT2D eigenvalue weighted by atomic mass is 79.9. The lowest BCUT2D eigenvalue weighted by Gasteiger charge is -2.33. The Balaban J connectivity index is 1.37. The van der Waals surface area contributed by atoms with Crippen LogP contribution in [-0.4, -0.2) is 72.4 Å². The number of morpholine rings is 2. The summed E-state index contributed by atoms with van der Waals surface area (Å²) in [5.74, 6) is 0.974. The number of hydrogen-bond donors (Lipinski definition) is 2. The van der Waals surface area contributed by atoms with Gasteiger partial charge in [0.15, 0.2) is 5.82 Å². The van der Waals surface area contributed by atoms with Crippen LogP contribution >= 0.6 is 15.9 Å². The van der Waals surface area contributed by atoms with Crippen molar-refractivity contribution in [1.29, 1.82) is 0 Å². The van der Waals surface area contributed by atoms with Crippen molar-refractivity contribution in [2.45, 2.75) is 0 Å². The zero-order valence-electron chi connectivity index (χ0n) is 19.6. The Morgan fingerprint density at radius 1 is 0.917 bits per heavy atom. The summed E-state index contributed by atoms with van der Waals surface area (Å²) >= 11 is 3.54. The molecule has 2 aliphatic heterocycles. The lowest BCUT2D eigenvalue weighted by atomic mass is 10.2. The molecule has 2 aromatic carbocycles. The van der Waals surface area contributed by atoms with E-state index in [0.717, 1.165) is 48.8 Å². The monoisotopic (exact) mass is 551 g/mol. The van der Waals surface area contributed by atoms with Crippen molar-refractivity contribution in [2.75, 3.05) is 67.7 Å². The summed E-state index contributed by atoms with van der Waals surface area (Å²) in [6, 6.07) is 13.9. The van der Waals surface area contributed by atoms with Gasteiger partial charge in [-0.25, -0.2) is 9.67 Å². The van der Waals surface area contributed by atoms with Crippen molar-refractivity contribution < 1.29 is 9.47 Å². The van der Waals surface area contributed by atoms with Crippen LogP contribution in [0.5, 0.6) is 0 Å². The molecule has 186 valence electrons. The van der Waals surface area contributed by atoms with Gasteiger partial charge in [0.25, 0.3) is 5.56 Å². The number of H-pyrrole nitrogens is 1. The van der Waals surface area contributed by atoms with E-state index >= 15 is 0 Å². The Morgan fingerprint density at radius 2 is 1.56 bits per heavy atom. The van der Waals surface area contributed by atoms with Gasteiger partial charge in [0.2, 0.25) is 5.95 Å². The summed E-state index contributed by atoms with van der Waals surface area (Å²) < 4.78 is 13.5. The fraction of sp³-hybridized carbons (Fsp3) is 0.320. The number of hydrogen-bond acceptors (Lipinski definition) is 8. The molecule has 4 heterocycles. The Kier molecular flexibility index (Phi) is 6.34. The Bertz CT molecular complexity index is 1410. The normalized spacial score (nSPS) is 16.5. The predicted molar refractivity (Wildman–Crippen MR) is 143 cm³/mol. The molecule has 0 atom stereocenters. The standard InChI is InChI=1S/C25H26BrN7O3/c26-21-16-27-25(29-23(21)33-22-4-2-1-3-20(22)24(34)30-33)28-17-13-18(31-5-9-35-10-6-31)15-19(14-17)32-7-11-36-12-8-32/h1-4,13-16H,5-12H2,(H,30,34)(H,27,28,29). The summed E-state index contributed by atoms with van der Waals surface area (Å²) in [5, 5.41) is 6.87. The van der Waals surface area contributed by atoms with Crippen LogP contribution in [0.3, 0.4) is 0 Å². The van der Waals surface area contributed by atoms with E-state index in [9.17, 15) is 4.79 Å². The molecule has 2 aliphatic rings. The van der Waals surface area contributed by atoms with E-state index in [0.29, 0.717) is 48.1 Å². The quantitative estimate of drug-likeness (QED) is 0.389. The first-order valence-electron chi connectivity index (χ1n) is 12.0. The summed E-state index contributed by atoms with van der Waals surface area (Å²) in [6.45, 7) is 6.25. The van der Waals surface area contributed by atoms with Gasteiger partial charge in [-0.15, -0.1) is 0 Å². The first kappa shape index (κ1) is 23.0. The second kappa shape index (κ2) is 9.92. The van der Waals surface area contributed by atoms with Crippen molar-refractivity contribution >= 4 is 49.8 Å². The number of ether oxygens (including phenoxy) is 2. The molecule has 10 nitrogen and oxygen atoms in total. The van der Waals surface area contributed by atoms with Crippen molar-refractivity contribution in [1.82, 2.24) is 19.7 Å². The largest absolute Gasteiger partial charge is 0.378 e. The Hall–Kier alpha value is -3.41. The number of para-hydroxylation sites is 1. The van der Waals surface area contributed by atoms with E-state index in [1.54, 1.807) is 16.9 Å². The highest BCUT2D eigenvalue weighted by Gasteiger charge is 2.18. The van der Waals surface area contributed by atoms with E-state index in [2.05, 4.69) is 59.3 Å². The molecule has 0 amide bonds. The number of fused-ring (bicyclic) bond motifs is 1. The van der Waals surface area contributed by atoms with Crippen molar-refractivity contribution in [3.8, 4) is 5.82 Å². The first-order chi connectivity index (χ1) is 17.7. The number of benzene rings is 2. The Labute approximate surface area is 216 Å². The lowest BCUT2D eigenvalue weighted by molar-refractivity contribution is 0.122. The molecule has 0 aliphatic carbocycles. The molecule has 2 N–H and O–H groups in total. The van der Waals surface area contributed by atoms with Gasteiger partial charge in [0.1, 0.15) is 0 Å². The number of nitrogens with one attached hydrogen (secondary N) is 2. The summed E-state index contributed by atoms with van der Waals surface area (Å²) in [6.07, 6.45) is 1.69. The van der Waals surface area contributed by atoms with Gasteiger partial charge in [-0.1, -0.05) is 12.1 Å². The average molecular weight is 552 g/mol. The van der Waals surface area contributed by atoms with Crippen LogP contribution in [0, 0.1) is 0 Å². The zero-order chi connectivity index (χ0) is 24.5. The fourth-order valence-corrected chi connectivity index (χ4v) is 5.00. The van der Waals surface area contributed by atoms with Crippen molar-refractivity contribution in [3.05, 3.63) is 63.5 Å². The minimum atomic E-state index is -0.168. The van der Waals surface area contributed by atoms with Gasteiger partial charge in [-0.2, -0.15) is 4.98 Å². The van der Waals surface area contributed by atoms with Gasteiger partial charge >= 0.3 is 0 Å². The fourth-order valence-electron chi connectivity index (χ4n) is 4.63. The van der Waals surface area contributed by atoms with Crippen LogP contribution in [0.25, 0.3) is 16.7 Å². The third-order valence-corrected chi connectivity index (χ3v) is 7.01. The maximum Gasteiger partial charge on any atom is 0.272 e. The molecule has 0 spiro atoms. The van der Waals surface area contributed by atoms with Crippen LogP contribution < -0.4 is 20.7 Å². The van der Waals surface area contributed by atoms with Gasteiger partial charge in [-0.05, 0) is 46.3 Å². The van der Waals surface area contributed by atoms with Crippen LogP contribution in [0.4, 0.5) is 23.0 Å². The lowest BCUT2D eigenvalue weighted by Crippen LogP contribution is -2.38. The highest BCUT2D eigenvalue weighted by molar-refractivity contribution is 9.10. The number of aromatic amines is 1. The minimum absolute atomic E-state index is 0.168. The summed E-state index contributed by atoms with van der Waals surface area (Å²) in [5.41, 5.74) is 3.72. The molecule has 0 bridgehead atoms. The highest BCUT2D eigenvalue weighted by Crippen LogP contribution is 2.31. The van der Waals surface area contributed by atoms with Gasteiger partial charge in [0, 0.05) is 49.4 Å². The molecule has 2 aromatic heterocycles. The molecule has 0 unspecified atom stereocenters. The second-order valence-corrected chi connectivity index (χ2v) is 9.57. The van der Waals surface area contributed by atoms with Crippen molar-refractivity contribution in [3.63, 3.8) is 0 Å². The summed E-state index contributed by atoms with van der Waals surface area (Å²) in [7, 11) is 0. The zero-order valence-corrected chi connectivity index (χ0v) is 21.2. The number of halogens is 1. The number of aromatic nitrogens is 4. The molecule has 36 heavy (non-hydrogen) atoms. The molecule has 11 heteroatoms. The third kappa shape index (κ3) is 4.57. The molecule has 6 rings (SSSR count). The van der Waals surface area contributed by atoms with Crippen LogP contribution in [0.2, 0.25) is 0 Å². The van der Waals surface area contributed by atoms with Gasteiger partial charge in [-0.3, -0.25) is 9.89 Å². The molecule has 2 fully saturated rings. The minimum Gasteiger partial charge on any atom is -0.378 e. The average Bonchev–Trinajstić information content (AvgIpc) is 3.27. The van der Waals surface area contributed by atoms with Gasteiger partial charge in [0.05, 0.1) is 41.8 Å². The number of rotatable bonds is 5. The maximum absolute atomic E-state index is 12.5. The molecule has 4 aromatic rings. The molecule has 2 saturated heterocycles. The van der Waals surface area contributed by atoms with Crippen LogP contribution in [-0.2, 0) is 9.47 Å². The van der Waals surface area contributed by atoms with E-state index in [4.69, 9.17) is 14.5 Å². The smallest absolute Gasteiger partial charge is 0.272 e. The maximum atomic E-state index is 12.5. The predicted octanol–water partition coefficient (Wildman–Crippen LogP) is 3.29. The van der Waals surface area contributed by atoms with E-state index in [-0.39, 0.29) is 5.56 Å². The van der Waals surface area contributed by atoms with Crippen LogP contribution in [0.1, 0.15) is 0 Å². The van der Waals surface area contributed by atoms with E-state index < -0.39 is 0 Å². The molecule has 0 radical (unpaired) electrons. The first-order valence-corrected chi connectivity index (χ1v) is 12.8. The van der Waals surface area contributed by atoms with E-state index in [1.807, 2.05) is 18.2 Å². The van der Waals surface area contributed by atoms with Crippen molar-refractivity contribution in [2.24, 2.45) is 0 Å². The molecule has 0 saturated carbocycles. The molecular weight excluding hydrogens is 526 g/mol. The van der Waals surface area contributed by atoms with Gasteiger partial charge < -0.3 is 24.6 Å². The SMILES string of the molecule is O=c1[nH]n(-c2nc(Nc3cc(N4CCOCC4)cc(N4CCOCC4)c3)ncc2Br)c2ccccc12. The second-order valence-electron chi connectivity index (χ2n) is 8.72. The topological polar surface area (TPSA) is 101 Å². The summed E-state index contributed by atoms with van der Waals surface area (Å²) in [4.78, 5) is 26.4. The third-order valence-electron chi connectivity index (χ3n) is 6.45. The number of nitrogens with zero attached hydrogens (tertiary/aromatic N) is 5. The Morgan fingerprint density at radius 3 is 2.22 bits per heavy atom. The molecular formula is C25H26BrN7O3. The van der Waals surface area contributed by atoms with E-state index in [1.165, 1.54) is 0 Å². The number of anilines is 4.